The lowest BCUT2D eigenvalue weighted by molar-refractivity contribution is 0.0924. The third-order valence-electron chi connectivity index (χ3n) is 7.64. The molecular formula is C26H43BrN2O2. The van der Waals surface area contributed by atoms with Gasteiger partial charge in [0.2, 0.25) is 0 Å². The largest absolute Gasteiger partial charge is 0.497 e. The fourth-order valence-corrected chi connectivity index (χ4v) is 5.94. The number of likely N-dealkylation sites (tertiary alicyclic amines) is 1. The second-order valence-electron chi connectivity index (χ2n) is 9.53. The first-order valence-corrected chi connectivity index (χ1v) is 13.2. The van der Waals surface area contributed by atoms with Crippen LogP contribution in [0.4, 0.5) is 0 Å². The van der Waals surface area contributed by atoms with Gasteiger partial charge in [-0.05, 0) is 113 Å². The van der Waals surface area contributed by atoms with Gasteiger partial charge in [-0.25, -0.2) is 0 Å². The molecule has 2 aliphatic rings. The summed E-state index contributed by atoms with van der Waals surface area (Å²) in [6.45, 7) is 9.22. The average molecular weight is 496 g/mol. The number of hydrogen-bond donors (Lipinski definition) is 0. The first kappa shape index (κ1) is 25.0. The van der Waals surface area contributed by atoms with Crippen LogP contribution in [0.5, 0.6) is 5.75 Å². The number of likely N-dealkylation sites (N-methyl/N-ethyl adjacent to an activating group) is 1. The van der Waals surface area contributed by atoms with E-state index >= 15 is 0 Å². The SMILES string of the molecule is CCN(CCOC)C1CCC(CCN2CCC(Cc3cc(OC)ccc3Br)CC2)CC1. The second-order valence-corrected chi connectivity index (χ2v) is 10.4. The maximum absolute atomic E-state index is 5.41. The highest BCUT2D eigenvalue weighted by molar-refractivity contribution is 9.10. The van der Waals surface area contributed by atoms with Crippen LogP contribution in [-0.2, 0) is 11.2 Å². The maximum atomic E-state index is 5.41. The van der Waals surface area contributed by atoms with E-state index in [-0.39, 0.29) is 0 Å². The third-order valence-corrected chi connectivity index (χ3v) is 8.42. The molecule has 31 heavy (non-hydrogen) atoms. The molecule has 1 aliphatic carbocycles. The highest BCUT2D eigenvalue weighted by Gasteiger charge is 2.26. The topological polar surface area (TPSA) is 24.9 Å². The van der Waals surface area contributed by atoms with Gasteiger partial charge in [0.05, 0.1) is 13.7 Å². The van der Waals surface area contributed by atoms with Crippen LogP contribution in [0.15, 0.2) is 22.7 Å². The van der Waals surface area contributed by atoms with Crippen molar-refractivity contribution in [2.45, 2.75) is 64.3 Å². The number of methoxy groups -OCH3 is 2. The van der Waals surface area contributed by atoms with E-state index in [0.717, 1.165) is 49.7 Å². The molecule has 1 heterocycles. The van der Waals surface area contributed by atoms with E-state index in [9.17, 15) is 0 Å². The molecule has 1 aromatic rings. The summed E-state index contributed by atoms with van der Waals surface area (Å²) in [5.74, 6) is 2.69. The van der Waals surface area contributed by atoms with Crippen LogP contribution < -0.4 is 4.74 Å². The minimum Gasteiger partial charge on any atom is -0.497 e. The van der Waals surface area contributed by atoms with Gasteiger partial charge in [-0.1, -0.05) is 22.9 Å². The van der Waals surface area contributed by atoms with Crippen LogP contribution in [0.3, 0.4) is 0 Å². The van der Waals surface area contributed by atoms with Crippen molar-refractivity contribution in [1.82, 2.24) is 9.80 Å². The molecule has 0 atom stereocenters. The number of nitrogens with zero attached hydrogens (tertiary/aromatic N) is 2. The minimum absolute atomic E-state index is 0.781. The summed E-state index contributed by atoms with van der Waals surface area (Å²) < 4.78 is 11.9. The molecule has 1 aromatic carbocycles. The molecule has 0 radical (unpaired) electrons. The number of halogens is 1. The van der Waals surface area contributed by atoms with Gasteiger partial charge in [0.1, 0.15) is 5.75 Å². The molecule has 0 bridgehead atoms. The molecule has 3 rings (SSSR count). The van der Waals surface area contributed by atoms with Crippen molar-refractivity contribution in [3.63, 3.8) is 0 Å². The Labute approximate surface area is 198 Å². The Bertz CT molecular complexity index is 640. The Kier molecular flexibility index (Phi) is 10.6. The third kappa shape index (κ3) is 7.73. The van der Waals surface area contributed by atoms with Gasteiger partial charge in [0, 0.05) is 24.2 Å². The minimum atomic E-state index is 0.781. The zero-order valence-corrected chi connectivity index (χ0v) is 21.5. The van der Waals surface area contributed by atoms with Gasteiger partial charge < -0.3 is 14.4 Å². The van der Waals surface area contributed by atoms with Crippen LogP contribution >= 0.6 is 15.9 Å². The van der Waals surface area contributed by atoms with E-state index in [0.29, 0.717) is 0 Å². The van der Waals surface area contributed by atoms with Crippen molar-refractivity contribution in [3.8, 4) is 5.75 Å². The van der Waals surface area contributed by atoms with Crippen molar-refractivity contribution >= 4 is 15.9 Å². The van der Waals surface area contributed by atoms with Gasteiger partial charge in [-0.15, -0.1) is 0 Å². The van der Waals surface area contributed by atoms with Crippen LogP contribution in [0.2, 0.25) is 0 Å². The fraction of sp³-hybridized carbons (Fsp3) is 0.769. The highest BCUT2D eigenvalue weighted by atomic mass is 79.9. The molecule has 0 spiro atoms. The van der Waals surface area contributed by atoms with E-state index in [4.69, 9.17) is 9.47 Å². The second kappa shape index (κ2) is 13.2. The molecule has 5 heteroatoms. The van der Waals surface area contributed by atoms with Crippen molar-refractivity contribution in [3.05, 3.63) is 28.2 Å². The summed E-state index contributed by atoms with van der Waals surface area (Å²) in [5, 5.41) is 0. The molecule has 1 aliphatic heterocycles. The van der Waals surface area contributed by atoms with Crippen LogP contribution in [0, 0.1) is 11.8 Å². The number of benzene rings is 1. The van der Waals surface area contributed by atoms with Crippen molar-refractivity contribution in [2.24, 2.45) is 11.8 Å². The lowest BCUT2D eigenvalue weighted by Crippen LogP contribution is -2.40. The predicted octanol–water partition coefficient (Wildman–Crippen LogP) is 5.63. The Morgan fingerprint density at radius 1 is 1.03 bits per heavy atom. The highest BCUT2D eigenvalue weighted by Crippen LogP contribution is 2.31. The fourth-order valence-electron chi connectivity index (χ4n) is 5.53. The summed E-state index contributed by atoms with van der Waals surface area (Å²) >= 11 is 3.72. The van der Waals surface area contributed by atoms with Crippen LogP contribution in [0.1, 0.15) is 57.4 Å². The van der Waals surface area contributed by atoms with Crippen LogP contribution in [-0.4, -0.2) is 69.4 Å². The van der Waals surface area contributed by atoms with Gasteiger partial charge >= 0.3 is 0 Å². The maximum Gasteiger partial charge on any atom is 0.119 e. The molecule has 2 fully saturated rings. The lowest BCUT2D eigenvalue weighted by atomic mass is 9.83. The molecule has 0 amide bonds. The standard InChI is InChI=1S/C26H43BrN2O2/c1-4-29(17-18-30-2)24-7-5-21(6-8-24)11-14-28-15-12-22(13-16-28)19-23-20-25(31-3)9-10-26(23)27/h9-10,20-22,24H,4-8,11-19H2,1-3H3. The molecule has 0 N–H and O–H groups in total. The first-order valence-electron chi connectivity index (χ1n) is 12.4. The van der Waals surface area contributed by atoms with Crippen molar-refractivity contribution < 1.29 is 9.47 Å². The van der Waals surface area contributed by atoms with E-state index in [1.54, 1.807) is 7.11 Å². The molecule has 1 saturated heterocycles. The number of ether oxygens (including phenoxy) is 2. The van der Waals surface area contributed by atoms with E-state index in [1.165, 1.54) is 74.6 Å². The lowest BCUT2D eigenvalue weighted by Gasteiger charge is -2.37. The van der Waals surface area contributed by atoms with Gasteiger partial charge in [-0.3, -0.25) is 4.90 Å². The summed E-state index contributed by atoms with van der Waals surface area (Å²) in [6.07, 6.45) is 10.8. The molecule has 176 valence electrons. The zero-order chi connectivity index (χ0) is 22.1. The average Bonchev–Trinajstić information content (AvgIpc) is 2.81. The smallest absolute Gasteiger partial charge is 0.119 e. The van der Waals surface area contributed by atoms with Crippen LogP contribution in [0.25, 0.3) is 0 Å². The van der Waals surface area contributed by atoms with Gasteiger partial charge in [-0.2, -0.15) is 0 Å². The summed E-state index contributed by atoms with van der Waals surface area (Å²) in [4.78, 5) is 5.35. The quantitative estimate of drug-likeness (QED) is 0.397. The van der Waals surface area contributed by atoms with E-state index < -0.39 is 0 Å². The first-order chi connectivity index (χ1) is 15.1. The Balaban J connectivity index is 1.34. The molecule has 0 unspecified atom stereocenters. The van der Waals surface area contributed by atoms with E-state index in [1.807, 2.05) is 13.2 Å². The molecular weight excluding hydrogens is 452 g/mol. The predicted molar refractivity (Wildman–Crippen MR) is 133 cm³/mol. The van der Waals surface area contributed by atoms with Gasteiger partial charge in [0.15, 0.2) is 0 Å². The van der Waals surface area contributed by atoms with Crippen molar-refractivity contribution in [1.29, 1.82) is 0 Å². The molecule has 4 nitrogen and oxygen atoms in total. The van der Waals surface area contributed by atoms with E-state index in [2.05, 4.69) is 44.8 Å². The molecule has 0 aromatic heterocycles. The van der Waals surface area contributed by atoms with Gasteiger partial charge in [0.25, 0.3) is 0 Å². The Hall–Kier alpha value is -0.620. The zero-order valence-electron chi connectivity index (χ0n) is 20.0. The molecule has 1 saturated carbocycles. The number of hydrogen-bond acceptors (Lipinski definition) is 4. The Morgan fingerprint density at radius 2 is 1.77 bits per heavy atom. The number of piperidine rings is 1. The number of rotatable bonds is 11. The van der Waals surface area contributed by atoms with Crippen molar-refractivity contribution in [2.75, 3.05) is 53.6 Å². The summed E-state index contributed by atoms with van der Waals surface area (Å²) in [6, 6.07) is 7.13. The Morgan fingerprint density at radius 3 is 2.42 bits per heavy atom. The normalized spacial score (nSPS) is 23.4. The monoisotopic (exact) mass is 494 g/mol. The summed E-state index contributed by atoms with van der Waals surface area (Å²) in [5.41, 5.74) is 1.39. The summed E-state index contributed by atoms with van der Waals surface area (Å²) in [7, 11) is 3.56.